The summed E-state index contributed by atoms with van der Waals surface area (Å²) in [5.74, 6) is -4.15. The predicted molar refractivity (Wildman–Crippen MR) is 218 cm³/mol. The SMILES string of the molecule is COC(=O)C1CC(n2cc(-c3cccc(F)c3)nn2)[C@@H](C)[C@H](O[C@@H]2OC(COC(=O)c3ccccc3)[C@H](C)[C@H](n3cc(-c4cccc(F)c4)nn3)C2OC(=O)c2ccccc2)C1. The van der Waals surface area contributed by atoms with Gasteiger partial charge in [0.05, 0.1) is 54.8 Å². The van der Waals surface area contributed by atoms with Gasteiger partial charge in [-0.1, -0.05) is 84.9 Å². The molecule has 16 heteroatoms. The second-order valence-electron chi connectivity index (χ2n) is 15.6. The summed E-state index contributed by atoms with van der Waals surface area (Å²) in [5.41, 5.74) is 2.41. The summed E-state index contributed by atoms with van der Waals surface area (Å²) >= 11 is 0. The third-order valence-corrected chi connectivity index (χ3v) is 11.7. The summed E-state index contributed by atoms with van der Waals surface area (Å²) < 4.78 is 62.8. The van der Waals surface area contributed by atoms with Crippen LogP contribution in [0, 0.1) is 29.4 Å². The van der Waals surface area contributed by atoms with Crippen molar-refractivity contribution in [3.05, 3.63) is 144 Å². The fraction of sp³-hybridized carbons (Fsp3) is 0.326. The first-order valence-electron chi connectivity index (χ1n) is 20.3. The Morgan fingerprint density at radius 3 is 1.90 bits per heavy atom. The highest BCUT2D eigenvalue weighted by molar-refractivity contribution is 5.90. The lowest BCUT2D eigenvalue weighted by molar-refractivity contribution is -0.296. The quantitative estimate of drug-likeness (QED) is 0.0895. The van der Waals surface area contributed by atoms with Gasteiger partial charge in [-0.25, -0.2) is 27.7 Å². The monoisotopic (exact) mass is 846 g/mol. The van der Waals surface area contributed by atoms with E-state index in [0.717, 1.165) is 0 Å². The molecule has 1 aliphatic carbocycles. The Hall–Kier alpha value is -6.65. The summed E-state index contributed by atoms with van der Waals surface area (Å²) in [4.78, 5) is 40.5. The second kappa shape index (κ2) is 18.5. The number of nitrogens with zero attached hydrogens (tertiary/aromatic N) is 6. The van der Waals surface area contributed by atoms with Crippen molar-refractivity contribution in [3.8, 4) is 22.5 Å². The lowest BCUT2D eigenvalue weighted by Gasteiger charge is -2.47. The minimum Gasteiger partial charge on any atom is -0.469 e. The van der Waals surface area contributed by atoms with Crippen molar-refractivity contribution in [2.75, 3.05) is 13.7 Å². The van der Waals surface area contributed by atoms with Crippen LogP contribution in [0.25, 0.3) is 22.5 Å². The van der Waals surface area contributed by atoms with E-state index in [0.29, 0.717) is 34.5 Å². The van der Waals surface area contributed by atoms with Crippen LogP contribution in [-0.2, 0) is 28.5 Å². The van der Waals surface area contributed by atoms with Crippen molar-refractivity contribution < 1.29 is 46.8 Å². The Morgan fingerprint density at radius 1 is 0.726 bits per heavy atom. The zero-order valence-electron chi connectivity index (χ0n) is 34.1. The summed E-state index contributed by atoms with van der Waals surface area (Å²) in [5, 5.41) is 17.5. The van der Waals surface area contributed by atoms with Gasteiger partial charge in [-0.2, -0.15) is 0 Å². The minimum atomic E-state index is -1.32. The molecule has 320 valence electrons. The van der Waals surface area contributed by atoms with Crippen LogP contribution in [0.3, 0.4) is 0 Å². The highest BCUT2D eigenvalue weighted by Gasteiger charge is 2.51. The molecule has 0 N–H and O–H groups in total. The lowest BCUT2D eigenvalue weighted by atomic mass is 9.77. The molecule has 1 saturated heterocycles. The number of carbonyl (C=O) groups excluding carboxylic acids is 3. The molecule has 2 fully saturated rings. The minimum absolute atomic E-state index is 0.204. The fourth-order valence-electron chi connectivity index (χ4n) is 8.28. The van der Waals surface area contributed by atoms with Gasteiger partial charge in [0.15, 0.2) is 12.4 Å². The van der Waals surface area contributed by atoms with Gasteiger partial charge in [-0.3, -0.25) is 4.79 Å². The van der Waals surface area contributed by atoms with E-state index in [2.05, 4.69) is 20.6 Å². The maximum Gasteiger partial charge on any atom is 0.338 e. The van der Waals surface area contributed by atoms with Crippen LogP contribution < -0.4 is 0 Å². The number of halogens is 2. The van der Waals surface area contributed by atoms with Gasteiger partial charge in [-0.15, -0.1) is 10.2 Å². The molecule has 6 aromatic rings. The van der Waals surface area contributed by atoms with Crippen LogP contribution in [0.2, 0.25) is 0 Å². The van der Waals surface area contributed by atoms with Crippen molar-refractivity contribution >= 4 is 17.9 Å². The van der Waals surface area contributed by atoms with E-state index in [4.69, 9.17) is 23.7 Å². The van der Waals surface area contributed by atoms with Gasteiger partial charge in [-0.05, 0) is 61.4 Å². The highest BCUT2D eigenvalue weighted by atomic mass is 19.1. The number of esters is 3. The third-order valence-electron chi connectivity index (χ3n) is 11.7. The highest BCUT2D eigenvalue weighted by Crippen LogP contribution is 2.44. The summed E-state index contributed by atoms with van der Waals surface area (Å²) in [6.07, 6.45) is -0.242. The standard InChI is InChI=1S/C46H44F2N6O8/c1-27-38(53-24-36(49-51-53)31-16-10-18-34(47)20-31)22-33(43(55)58-3)23-39(27)60-46-42(62-45(57)30-14-8-5-9-15-30)41(54-25-37(50-52-54)32-17-11-19-35(48)21-32)28(2)40(61-46)26-59-44(56)29-12-6-4-7-13-29/h4-21,24-25,27-28,33,38-42,46H,22-23,26H2,1-3H3/t27-,28+,33?,38?,39-,40?,41+,42?,46-/m1/s1. The Balaban J connectivity index is 1.16. The first kappa shape index (κ1) is 42.1. The molecule has 4 unspecified atom stereocenters. The first-order chi connectivity index (χ1) is 30.1. The molecule has 0 spiro atoms. The number of carbonyl (C=O) groups is 3. The number of methoxy groups -OCH3 is 1. The van der Waals surface area contributed by atoms with Crippen molar-refractivity contribution in [1.29, 1.82) is 0 Å². The first-order valence-corrected chi connectivity index (χ1v) is 20.3. The largest absolute Gasteiger partial charge is 0.469 e. The van der Waals surface area contributed by atoms with E-state index in [9.17, 15) is 23.2 Å². The molecular formula is C46H44F2N6O8. The molecule has 0 radical (unpaired) electrons. The Bertz CT molecular complexity index is 2500. The topological polar surface area (TPSA) is 159 Å². The van der Waals surface area contributed by atoms with Gasteiger partial charge in [0.25, 0.3) is 0 Å². The molecule has 1 aliphatic heterocycles. The maximum atomic E-state index is 14.4. The summed E-state index contributed by atoms with van der Waals surface area (Å²) in [6, 6.07) is 27.6. The van der Waals surface area contributed by atoms with E-state index in [-0.39, 0.29) is 24.5 Å². The molecule has 2 aliphatic rings. The number of hydrogen-bond donors (Lipinski definition) is 0. The second-order valence-corrected chi connectivity index (χ2v) is 15.6. The number of ether oxygens (including phenoxy) is 5. The van der Waals surface area contributed by atoms with E-state index in [1.54, 1.807) is 102 Å². The van der Waals surface area contributed by atoms with Crippen LogP contribution in [0.1, 0.15) is 59.5 Å². The van der Waals surface area contributed by atoms with Gasteiger partial charge in [0.2, 0.25) is 0 Å². The average Bonchev–Trinajstić information content (AvgIpc) is 3.99. The molecule has 8 rings (SSSR count). The number of aromatic nitrogens is 6. The molecule has 4 aromatic carbocycles. The van der Waals surface area contributed by atoms with Crippen LogP contribution in [0.15, 0.2) is 122 Å². The number of benzene rings is 4. The zero-order chi connectivity index (χ0) is 43.3. The zero-order valence-corrected chi connectivity index (χ0v) is 34.1. The predicted octanol–water partition coefficient (Wildman–Crippen LogP) is 7.31. The van der Waals surface area contributed by atoms with Crippen molar-refractivity contribution in [1.82, 2.24) is 30.0 Å². The molecule has 0 amide bonds. The average molecular weight is 847 g/mol. The van der Waals surface area contributed by atoms with Gasteiger partial charge >= 0.3 is 17.9 Å². The van der Waals surface area contributed by atoms with E-state index in [1.807, 2.05) is 13.8 Å². The van der Waals surface area contributed by atoms with Gasteiger partial charge in [0.1, 0.15) is 35.7 Å². The summed E-state index contributed by atoms with van der Waals surface area (Å²) in [6.45, 7) is 3.58. The van der Waals surface area contributed by atoms with E-state index in [1.165, 1.54) is 36.1 Å². The van der Waals surface area contributed by atoms with Crippen molar-refractivity contribution in [2.45, 2.75) is 63.4 Å². The number of hydrogen-bond acceptors (Lipinski definition) is 12. The Labute approximate surface area is 355 Å². The molecule has 2 aromatic heterocycles. The van der Waals surface area contributed by atoms with Crippen molar-refractivity contribution in [2.24, 2.45) is 17.8 Å². The third kappa shape index (κ3) is 9.16. The molecular weight excluding hydrogens is 803 g/mol. The smallest absolute Gasteiger partial charge is 0.338 e. The summed E-state index contributed by atoms with van der Waals surface area (Å²) in [7, 11) is 1.32. The maximum absolute atomic E-state index is 14.4. The Morgan fingerprint density at radius 2 is 1.31 bits per heavy atom. The van der Waals surface area contributed by atoms with E-state index < -0.39 is 78.1 Å². The van der Waals surface area contributed by atoms with E-state index >= 15 is 0 Å². The molecule has 62 heavy (non-hydrogen) atoms. The van der Waals surface area contributed by atoms with Gasteiger partial charge < -0.3 is 23.7 Å². The molecule has 9 atom stereocenters. The van der Waals surface area contributed by atoms with Crippen LogP contribution in [0.5, 0.6) is 0 Å². The van der Waals surface area contributed by atoms with Crippen LogP contribution >= 0.6 is 0 Å². The Kier molecular flexibility index (Phi) is 12.6. The van der Waals surface area contributed by atoms with Crippen molar-refractivity contribution in [3.63, 3.8) is 0 Å². The van der Waals surface area contributed by atoms with Crippen LogP contribution in [0.4, 0.5) is 8.78 Å². The lowest BCUT2D eigenvalue weighted by Crippen LogP contribution is -2.56. The molecule has 3 heterocycles. The normalized spacial score (nSPS) is 24.8. The molecule has 0 bridgehead atoms. The molecule has 1 saturated carbocycles. The molecule has 14 nitrogen and oxygen atoms in total. The van der Waals surface area contributed by atoms with Gasteiger partial charge in [0, 0.05) is 23.0 Å². The number of rotatable bonds is 12. The fourth-order valence-corrected chi connectivity index (χ4v) is 8.28. The van der Waals surface area contributed by atoms with Crippen LogP contribution in [-0.4, -0.2) is 86.2 Å².